The summed E-state index contributed by atoms with van der Waals surface area (Å²) in [6.45, 7) is 1.76. The molecule has 0 amide bonds. The second kappa shape index (κ2) is 6.65. The Morgan fingerprint density at radius 1 is 1.32 bits per heavy atom. The van der Waals surface area contributed by atoms with Crippen LogP contribution >= 0.6 is 0 Å². The maximum atomic E-state index is 11.6. The molecule has 1 rings (SSSR count). The SMILES string of the molecule is CC(C(=O)O)S(=O)(=O)NCc1ccc(CCN)cc1. The van der Waals surface area contributed by atoms with Gasteiger partial charge < -0.3 is 10.8 Å². The summed E-state index contributed by atoms with van der Waals surface area (Å²) >= 11 is 0. The van der Waals surface area contributed by atoms with Crippen LogP contribution in [0.25, 0.3) is 0 Å². The molecule has 0 fully saturated rings. The fourth-order valence-corrected chi connectivity index (χ4v) is 2.32. The predicted octanol–water partition coefficient (Wildman–Crippen LogP) is 0.0803. The van der Waals surface area contributed by atoms with Crippen molar-refractivity contribution < 1.29 is 18.3 Å². The molecule has 106 valence electrons. The molecule has 0 radical (unpaired) electrons. The molecule has 19 heavy (non-hydrogen) atoms. The number of sulfonamides is 1. The molecule has 0 aliphatic rings. The highest BCUT2D eigenvalue weighted by molar-refractivity contribution is 7.90. The number of hydrogen-bond acceptors (Lipinski definition) is 4. The summed E-state index contributed by atoms with van der Waals surface area (Å²) in [5.74, 6) is -1.37. The largest absolute Gasteiger partial charge is 0.480 e. The topological polar surface area (TPSA) is 109 Å². The van der Waals surface area contributed by atoms with Crippen molar-refractivity contribution in [2.24, 2.45) is 5.73 Å². The van der Waals surface area contributed by atoms with E-state index in [1.807, 2.05) is 12.1 Å². The Bertz CT molecular complexity index is 525. The van der Waals surface area contributed by atoms with Gasteiger partial charge in [-0.2, -0.15) is 0 Å². The number of carbonyl (C=O) groups is 1. The number of rotatable bonds is 7. The average molecular weight is 286 g/mol. The van der Waals surface area contributed by atoms with E-state index < -0.39 is 21.2 Å². The number of carboxylic acid groups (broad SMARTS) is 1. The molecule has 7 heteroatoms. The van der Waals surface area contributed by atoms with Crippen LogP contribution < -0.4 is 10.5 Å². The maximum Gasteiger partial charge on any atom is 0.323 e. The lowest BCUT2D eigenvalue weighted by Crippen LogP contribution is -2.37. The van der Waals surface area contributed by atoms with Crippen LogP contribution in [0.15, 0.2) is 24.3 Å². The minimum atomic E-state index is -3.85. The molecule has 0 aromatic heterocycles. The monoisotopic (exact) mass is 286 g/mol. The van der Waals surface area contributed by atoms with E-state index in [1.165, 1.54) is 0 Å². The van der Waals surface area contributed by atoms with Crippen LogP contribution in [-0.2, 0) is 27.8 Å². The van der Waals surface area contributed by atoms with Crippen LogP contribution in [0.3, 0.4) is 0 Å². The van der Waals surface area contributed by atoms with E-state index in [9.17, 15) is 13.2 Å². The molecular formula is C12H18N2O4S. The van der Waals surface area contributed by atoms with E-state index in [2.05, 4.69) is 4.72 Å². The first-order valence-corrected chi connectivity index (χ1v) is 7.40. The summed E-state index contributed by atoms with van der Waals surface area (Å²) < 4.78 is 25.5. The Hall–Kier alpha value is -1.44. The molecule has 0 bridgehead atoms. The van der Waals surface area contributed by atoms with Crippen LogP contribution in [0.1, 0.15) is 18.1 Å². The van der Waals surface area contributed by atoms with Crippen molar-refractivity contribution in [3.05, 3.63) is 35.4 Å². The molecule has 0 heterocycles. The zero-order valence-corrected chi connectivity index (χ0v) is 11.5. The highest BCUT2D eigenvalue weighted by Crippen LogP contribution is 2.06. The third-order valence-electron chi connectivity index (χ3n) is 2.75. The Kier molecular flexibility index (Phi) is 5.46. The van der Waals surface area contributed by atoms with Crippen molar-refractivity contribution >= 4 is 16.0 Å². The molecule has 4 N–H and O–H groups in total. The Labute approximate surface area is 112 Å². The second-order valence-electron chi connectivity index (χ2n) is 4.20. The highest BCUT2D eigenvalue weighted by atomic mass is 32.2. The summed E-state index contributed by atoms with van der Waals surface area (Å²) in [6.07, 6.45) is 0.766. The van der Waals surface area contributed by atoms with E-state index in [-0.39, 0.29) is 6.54 Å². The zero-order valence-electron chi connectivity index (χ0n) is 10.7. The molecule has 0 saturated carbocycles. The van der Waals surface area contributed by atoms with E-state index in [4.69, 9.17) is 10.8 Å². The predicted molar refractivity (Wildman–Crippen MR) is 72.1 cm³/mol. The maximum absolute atomic E-state index is 11.6. The number of carboxylic acids is 1. The van der Waals surface area contributed by atoms with E-state index in [0.717, 1.165) is 24.5 Å². The summed E-state index contributed by atoms with van der Waals surface area (Å²) in [6, 6.07) is 7.33. The number of benzene rings is 1. The number of nitrogens with two attached hydrogens (primary N) is 1. The summed E-state index contributed by atoms with van der Waals surface area (Å²) in [7, 11) is -3.85. The lowest BCUT2D eigenvalue weighted by molar-refractivity contribution is -0.136. The number of aliphatic carboxylic acids is 1. The highest BCUT2D eigenvalue weighted by Gasteiger charge is 2.26. The number of nitrogens with one attached hydrogen (secondary N) is 1. The van der Waals surface area contributed by atoms with Gasteiger partial charge in [-0.15, -0.1) is 0 Å². The van der Waals surface area contributed by atoms with Crippen LogP contribution in [0, 0.1) is 0 Å². The molecule has 1 unspecified atom stereocenters. The van der Waals surface area contributed by atoms with Crippen molar-refractivity contribution in [1.82, 2.24) is 4.72 Å². The summed E-state index contributed by atoms with van der Waals surface area (Å²) in [5.41, 5.74) is 7.27. The van der Waals surface area contributed by atoms with Crippen LogP contribution in [0.4, 0.5) is 0 Å². The summed E-state index contributed by atoms with van der Waals surface area (Å²) in [4.78, 5) is 10.6. The Balaban J connectivity index is 2.64. The van der Waals surface area contributed by atoms with Crippen molar-refractivity contribution in [1.29, 1.82) is 0 Å². The van der Waals surface area contributed by atoms with Gasteiger partial charge in [-0.3, -0.25) is 4.79 Å². The molecule has 0 spiro atoms. The normalized spacial score (nSPS) is 13.2. The Morgan fingerprint density at radius 2 is 1.84 bits per heavy atom. The standard InChI is InChI=1S/C12H18N2O4S/c1-9(12(15)16)19(17,18)14-8-11-4-2-10(3-5-11)6-7-13/h2-5,9,14H,6-8,13H2,1H3,(H,15,16). The van der Waals surface area contributed by atoms with Crippen molar-refractivity contribution in [3.8, 4) is 0 Å². The fraction of sp³-hybridized carbons (Fsp3) is 0.417. The molecule has 0 aliphatic heterocycles. The third-order valence-corrected chi connectivity index (χ3v) is 4.43. The molecular weight excluding hydrogens is 268 g/mol. The molecule has 1 aromatic rings. The van der Waals surface area contributed by atoms with E-state index in [1.54, 1.807) is 12.1 Å². The van der Waals surface area contributed by atoms with Gasteiger partial charge in [0.05, 0.1) is 0 Å². The molecule has 1 aromatic carbocycles. The van der Waals surface area contributed by atoms with Crippen molar-refractivity contribution in [3.63, 3.8) is 0 Å². The van der Waals surface area contributed by atoms with Crippen molar-refractivity contribution in [2.75, 3.05) is 6.54 Å². The third kappa shape index (κ3) is 4.62. The molecule has 0 aliphatic carbocycles. The first-order valence-electron chi connectivity index (χ1n) is 5.86. The van der Waals surface area contributed by atoms with Gasteiger partial charge in [0.2, 0.25) is 10.0 Å². The first-order chi connectivity index (χ1) is 8.86. The second-order valence-corrected chi connectivity index (χ2v) is 6.29. The van der Waals surface area contributed by atoms with Gasteiger partial charge in [0.25, 0.3) is 0 Å². The molecule has 1 atom stereocenters. The van der Waals surface area contributed by atoms with Gasteiger partial charge in [-0.05, 0) is 31.0 Å². The van der Waals surface area contributed by atoms with Gasteiger partial charge in [0.1, 0.15) is 0 Å². The number of hydrogen-bond donors (Lipinski definition) is 3. The minimum Gasteiger partial charge on any atom is -0.480 e. The fourth-order valence-electron chi connectivity index (χ4n) is 1.43. The van der Waals surface area contributed by atoms with Gasteiger partial charge >= 0.3 is 5.97 Å². The van der Waals surface area contributed by atoms with E-state index in [0.29, 0.717) is 6.54 Å². The van der Waals surface area contributed by atoms with Gasteiger partial charge in [0, 0.05) is 6.54 Å². The van der Waals surface area contributed by atoms with Crippen LogP contribution in [-0.4, -0.2) is 31.3 Å². The van der Waals surface area contributed by atoms with Gasteiger partial charge in [0.15, 0.2) is 5.25 Å². The van der Waals surface area contributed by atoms with Gasteiger partial charge in [-0.25, -0.2) is 13.1 Å². The summed E-state index contributed by atoms with van der Waals surface area (Å²) in [5, 5.41) is 7.21. The van der Waals surface area contributed by atoms with Gasteiger partial charge in [-0.1, -0.05) is 24.3 Å². The van der Waals surface area contributed by atoms with Crippen LogP contribution in [0.5, 0.6) is 0 Å². The smallest absolute Gasteiger partial charge is 0.323 e. The van der Waals surface area contributed by atoms with Crippen LogP contribution in [0.2, 0.25) is 0 Å². The van der Waals surface area contributed by atoms with Crippen molar-refractivity contribution in [2.45, 2.75) is 25.1 Å². The minimum absolute atomic E-state index is 0.0723. The van der Waals surface area contributed by atoms with E-state index >= 15 is 0 Å². The lowest BCUT2D eigenvalue weighted by atomic mass is 10.1. The lowest BCUT2D eigenvalue weighted by Gasteiger charge is -2.10. The zero-order chi connectivity index (χ0) is 14.5. The molecule has 0 saturated heterocycles. The molecule has 6 nitrogen and oxygen atoms in total. The quantitative estimate of drug-likeness (QED) is 0.657. The first kappa shape index (κ1) is 15.6. The Morgan fingerprint density at radius 3 is 2.32 bits per heavy atom. The average Bonchev–Trinajstić information content (AvgIpc) is 2.37.